The molecule has 2 amide bonds. The van der Waals surface area contributed by atoms with Crippen molar-refractivity contribution in [1.29, 1.82) is 0 Å². The summed E-state index contributed by atoms with van der Waals surface area (Å²) in [4.78, 5) is 27.2. The molecule has 2 aromatic rings. The molecule has 0 radical (unpaired) electrons. The third-order valence-corrected chi connectivity index (χ3v) is 6.76. The molecular weight excluding hydrogens is 473 g/mol. The number of sulfonamides is 1. The molecule has 0 saturated carbocycles. The number of carbonyl (C=O) groups excluding carboxylic acids is 2. The number of aryl methyl sites for hydroxylation is 1. The Hall–Kier alpha value is -2.29. The molecule has 0 aliphatic heterocycles. The van der Waals surface area contributed by atoms with Crippen LogP contribution < -0.4 is 9.62 Å². The van der Waals surface area contributed by atoms with Gasteiger partial charge >= 0.3 is 0 Å². The standard InChI is InChI=1S/C22H27Cl2N3O4S/c1-5-25-22(29)16(3)26(13-18-19(23)7-6-8-20(18)24)21(28)14-27(32(4,30)31)17-11-9-15(2)10-12-17/h6-12,16H,5,13-14H2,1-4H3,(H,25,29)/t16-/m0/s1. The Balaban J connectivity index is 2.43. The average Bonchev–Trinajstić information content (AvgIpc) is 2.71. The first kappa shape index (κ1) is 26.0. The minimum atomic E-state index is -3.77. The highest BCUT2D eigenvalue weighted by molar-refractivity contribution is 7.92. The number of hydrogen-bond acceptors (Lipinski definition) is 4. The van der Waals surface area contributed by atoms with E-state index in [-0.39, 0.29) is 12.5 Å². The summed E-state index contributed by atoms with van der Waals surface area (Å²) in [6.45, 7) is 5.07. The molecule has 32 heavy (non-hydrogen) atoms. The summed E-state index contributed by atoms with van der Waals surface area (Å²) in [6.07, 6.45) is 1.03. The van der Waals surface area contributed by atoms with E-state index in [1.807, 2.05) is 6.92 Å². The summed E-state index contributed by atoms with van der Waals surface area (Å²) >= 11 is 12.6. The third kappa shape index (κ3) is 6.60. The normalized spacial score (nSPS) is 12.2. The van der Waals surface area contributed by atoms with Gasteiger partial charge in [0.05, 0.1) is 11.9 Å². The fraction of sp³-hybridized carbons (Fsp3) is 0.364. The van der Waals surface area contributed by atoms with Crippen LogP contribution in [0.2, 0.25) is 10.0 Å². The number of likely N-dealkylation sites (N-methyl/N-ethyl adjacent to an activating group) is 1. The second kappa shape index (κ2) is 11.0. The summed E-state index contributed by atoms with van der Waals surface area (Å²) < 4.78 is 26.0. The molecule has 7 nitrogen and oxygen atoms in total. The fourth-order valence-electron chi connectivity index (χ4n) is 3.08. The molecule has 2 aromatic carbocycles. The number of rotatable bonds is 9. The van der Waals surface area contributed by atoms with E-state index in [2.05, 4.69) is 5.32 Å². The molecule has 0 aromatic heterocycles. The van der Waals surface area contributed by atoms with E-state index in [4.69, 9.17) is 23.2 Å². The van der Waals surface area contributed by atoms with E-state index < -0.39 is 28.5 Å². The monoisotopic (exact) mass is 499 g/mol. The minimum Gasteiger partial charge on any atom is -0.355 e. The van der Waals surface area contributed by atoms with Crippen molar-refractivity contribution in [2.45, 2.75) is 33.4 Å². The number of hydrogen-bond donors (Lipinski definition) is 1. The molecule has 0 bridgehead atoms. The molecule has 0 fully saturated rings. The van der Waals surface area contributed by atoms with Crippen LogP contribution >= 0.6 is 23.2 Å². The average molecular weight is 500 g/mol. The zero-order valence-electron chi connectivity index (χ0n) is 18.4. The smallest absolute Gasteiger partial charge is 0.244 e. The second-order valence-electron chi connectivity index (χ2n) is 7.40. The molecule has 0 unspecified atom stereocenters. The number of anilines is 1. The first-order valence-electron chi connectivity index (χ1n) is 10.00. The Morgan fingerprint density at radius 1 is 1.06 bits per heavy atom. The van der Waals surface area contributed by atoms with Crippen LogP contribution in [-0.2, 0) is 26.2 Å². The highest BCUT2D eigenvalue weighted by atomic mass is 35.5. The molecule has 0 spiro atoms. The van der Waals surface area contributed by atoms with Gasteiger partial charge in [-0.15, -0.1) is 0 Å². The SMILES string of the molecule is CCNC(=O)[C@H](C)N(Cc1c(Cl)cccc1Cl)C(=O)CN(c1ccc(C)cc1)S(C)(=O)=O. The van der Waals surface area contributed by atoms with Crippen molar-refractivity contribution in [2.75, 3.05) is 23.7 Å². The molecule has 174 valence electrons. The van der Waals surface area contributed by atoms with Gasteiger partial charge in [0, 0.05) is 28.7 Å². The lowest BCUT2D eigenvalue weighted by Gasteiger charge is -2.31. The molecular formula is C22H27Cl2N3O4S. The third-order valence-electron chi connectivity index (χ3n) is 4.91. The maximum absolute atomic E-state index is 13.4. The number of carbonyl (C=O) groups is 2. The lowest BCUT2D eigenvalue weighted by atomic mass is 10.1. The Kier molecular flexibility index (Phi) is 8.95. The maximum Gasteiger partial charge on any atom is 0.244 e. The molecule has 0 saturated heterocycles. The van der Waals surface area contributed by atoms with Crippen LogP contribution in [0.4, 0.5) is 5.69 Å². The van der Waals surface area contributed by atoms with E-state index in [1.165, 1.54) is 4.90 Å². The number of halogens is 2. The Morgan fingerprint density at radius 3 is 2.12 bits per heavy atom. The van der Waals surface area contributed by atoms with E-state index in [0.29, 0.717) is 27.8 Å². The van der Waals surface area contributed by atoms with Gasteiger partial charge in [-0.2, -0.15) is 0 Å². The van der Waals surface area contributed by atoms with Crippen molar-refractivity contribution < 1.29 is 18.0 Å². The Labute approximate surface area is 199 Å². The first-order chi connectivity index (χ1) is 15.0. The highest BCUT2D eigenvalue weighted by Crippen LogP contribution is 2.27. The summed E-state index contributed by atoms with van der Waals surface area (Å²) in [6, 6.07) is 10.9. The van der Waals surface area contributed by atoms with Gasteiger partial charge in [-0.3, -0.25) is 13.9 Å². The van der Waals surface area contributed by atoms with Crippen molar-refractivity contribution in [3.8, 4) is 0 Å². The van der Waals surface area contributed by atoms with E-state index in [0.717, 1.165) is 16.1 Å². The van der Waals surface area contributed by atoms with E-state index in [9.17, 15) is 18.0 Å². The van der Waals surface area contributed by atoms with Crippen molar-refractivity contribution in [1.82, 2.24) is 10.2 Å². The van der Waals surface area contributed by atoms with Crippen molar-refractivity contribution in [2.24, 2.45) is 0 Å². The van der Waals surface area contributed by atoms with Gasteiger partial charge in [0.15, 0.2) is 0 Å². The fourth-order valence-corrected chi connectivity index (χ4v) is 4.45. The van der Waals surface area contributed by atoms with E-state index >= 15 is 0 Å². The predicted octanol–water partition coefficient (Wildman–Crippen LogP) is 3.62. The zero-order valence-corrected chi connectivity index (χ0v) is 20.8. The van der Waals surface area contributed by atoms with Crippen LogP contribution in [0.25, 0.3) is 0 Å². The number of benzene rings is 2. The Morgan fingerprint density at radius 2 is 1.62 bits per heavy atom. The predicted molar refractivity (Wildman–Crippen MR) is 129 cm³/mol. The topological polar surface area (TPSA) is 86.8 Å². The van der Waals surface area contributed by atoms with Crippen molar-refractivity contribution in [3.63, 3.8) is 0 Å². The summed E-state index contributed by atoms with van der Waals surface area (Å²) in [7, 11) is -3.77. The van der Waals surface area contributed by atoms with Crippen molar-refractivity contribution in [3.05, 3.63) is 63.6 Å². The largest absolute Gasteiger partial charge is 0.355 e. The summed E-state index contributed by atoms with van der Waals surface area (Å²) in [5, 5.41) is 3.38. The number of nitrogens with one attached hydrogen (secondary N) is 1. The van der Waals surface area contributed by atoms with Crippen LogP contribution in [0.15, 0.2) is 42.5 Å². The minimum absolute atomic E-state index is 0.0544. The number of nitrogens with zero attached hydrogens (tertiary/aromatic N) is 2. The highest BCUT2D eigenvalue weighted by Gasteiger charge is 2.30. The quantitative estimate of drug-likeness (QED) is 0.570. The van der Waals surface area contributed by atoms with Crippen molar-refractivity contribution >= 4 is 50.7 Å². The second-order valence-corrected chi connectivity index (χ2v) is 10.1. The molecule has 1 N–H and O–H groups in total. The van der Waals surface area contributed by atoms with Gasteiger partial charge in [-0.05, 0) is 45.0 Å². The van der Waals surface area contributed by atoms with Crippen LogP contribution in [0, 0.1) is 6.92 Å². The molecule has 0 aliphatic rings. The first-order valence-corrected chi connectivity index (χ1v) is 12.6. The molecule has 1 atom stereocenters. The summed E-state index contributed by atoms with van der Waals surface area (Å²) in [5.74, 6) is -0.934. The molecule has 0 heterocycles. The van der Waals surface area contributed by atoms with Crippen LogP contribution in [-0.4, -0.2) is 50.5 Å². The molecule has 2 rings (SSSR count). The van der Waals surface area contributed by atoms with Gasteiger partial charge in [-0.25, -0.2) is 8.42 Å². The maximum atomic E-state index is 13.4. The Bertz CT molecular complexity index is 1050. The number of amides is 2. The van der Waals surface area contributed by atoms with Gasteiger partial charge in [0.25, 0.3) is 0 Å². The van der Waals surface area contributed by atoms with Crippen LogP contribution in [0.1, 0.15) is 25.0 Å². The lowest BCUT2D eigenvalue weighted by molar-refractivity contribution is -0.139. The van der Waals surface area contributed by atoms with Crippen LogP contribution in [0.5, 0.6) is 0 Å². The van der Waals surface area contributed by atoms with Crippen LogP contribution in [0.3, 0.4) is 0 Å². The van der Waals surface area contributed by atoms with Gasteiger partial charge < -0.3 is 10.2 Å². The van der Waals surface area contributed by atoms with Gasteiger partial charge in [-0.1, -0.05) is 47.0 Å². The van der Waals surface area contributed by atoms with Gasteiger partial charge in [0.2, 0.25) is 21.8 Å². The van der Waals surface area contributed by atoms with Gasteiger partial charge in [0.1, 0.15) is 12.6 Å². The van der Waals surface area contributed by atoms with E-state index in [1.54, 1.807) is 56.3 Å². The molecule has 0 aliphatic carbocycles. The molecule has 10 heteroatoms. The summed E-state index contributed by atoms with van der Waals surface area (Å²) in [5.41, 5.74) is 1.78. The lowest BCUT2D eigenvalue weighted by Crippen LogP contribution is -2.51. The zero-order chi connectivity index (χ0) is 24.1.